The van der Waals surface area contributed by atoms with Crippen LogP contribution in [0.25, 0.3) is 16.6 Å². The number of aryl methyl sites for hydroxylation is 2. The van der Waals surface area contributed by atoms with Crippen LogP contribution in [0.1, 0.15) is 41.9 Å². The lowest BCUT2D eigenvalue weighted by Gasteiger charge is -2.18. The highest BCUT2D eigenvalue weighted by atomic mass is 16.5. The monoisotopic (exact) mass is 432 g/mol. The molecule has 1 N–H and O–H groups in total. The molecule has 0 fully saturated rings. The maximum atomic E-state index is 12.8. The number of aromatic nitrogens is 3. The predicted octanol–water partition coefficient (Wildman–Crippen LogP) is 4.33. The number of carbonyl (C=O) groups is 1. The number of hydrogen-bond acceptors (Lipinski definition) is 5. The Morgan fingerprint density at radius 3 is 2.66 bits per heavy atom. The lowest BCUT2D eigenvalue weighted by molar-refractivity contribution is -0.121. The third kappa shape index (κ3) is 3.98. The van der Waals surface area contributed by atoms with Crippen LogP contribution in [0.3, 0.4) is 0 Å². The molecule has 2 heterocycles. The molecule has 1 amide bonds. The van der Waals surface area contributed by atoms with Gasteiger partial charge in [-0.3, -0.25) is 4.79 Å². The van der Waals surface area contributed by atoms with E-state index in [1.165, 1.54) is 0 Å². The van der Waals surface area contributed by atoms with Crippen LogP contribution in [0.15, 0.2) is 42.5 Å². The molecular formula is C25H28N4O3. The van der Waals surface area contributed by atoms with Gasteiger partial charge in [-0.2, -0.15) is 5.10 Å². The third-order valence-corrected chi connectivity index (χ3v) is 5.90. The summed E-state index contributed by atoms with van der Waals surface area (Å²) in [4.78, 5) is 17.5. The van der Waals surface area contributed by atoms with Gasteiger partial charge in [0.1, 0.15) is 11.5 Å². The van der Waals surface area contributed by atoms with E-state index < -0.39 is 0 Å². The van der Waals surface area contributed by atoms with Gasteiger partial charge in [0.25, 0.3) is 0 Å². The van der Waals surface area contributed by atoms with E-state index in [-0.39, 0.29) is 11.9 Å². The van der Waals surface area contributed by atoms with Crippen molar-refractivity contribution in [3.05, 3.63) is 65.0 Å². The Balaban J connectivity index is 1.51. The van der Waals surface area contributed by atoms with Crippen molar-refractivity contribution in [3.63, 3.8) is 0 Å². The average molecular weight is 433 g/mol. The number of methoxy groups -OCH3 is 2. The number of fused-ring (bicyclic) bond motifs is 3. The molecule has 0 unspecified atom stereocenters. The summed E-state index contributed by atoms with van der Waals surface area (Å²) in [6, 6.07) is 13.3. The van der Waals surface area contributed by atoms with E-state index in [0.29, 0.717) is 18.6 Å². The molecule has 4 rings (SSSR count). The minimum Gasteiger partial charge on any atom is -0.497 e. The van der Waals surface area contributed by atoms with Crippen molar-refractivity contribution in [2.24, 2.45) is 0 Å². The maximum Gasteiger partial charge on any atom is 0.220 e. The normalized spacial score (nSPS) is 12.2. The number of nitrogens with zero attached hydrogens (tertiary/aromatic N) is 3. The van der Waals surface area contributed by atoms with Crippen molar-refractivity contribution in [1.82, 2.24) is 19.9 Å². The molecule has 0 spiro atoms. The van der Waals surface area contributed by atoms with Crippen LogP contribution in [-0.2, 0) is 11.2 Å². The minimum absolute atomic E-state index is 0.0353. The zero-order valence-corrected chi connectivity index (χ0v) is 19.1. The van der Waals surface area contributed by atoms with Crippen LogP contribution in [0.5, 0.6) is 11.5 Å². The second-order valence-electron chi connectivity index (χ2n) is 7.91. The van der Waals surface area contributed by atoms with E-state index in [4.69, 9.17) is 19.6 Å². The van der Waals surface area contributed by atoms with Crippen LogP contribution < -0.4 is 14.8 Å². The van der Waals surface area contributed by atoms with Gasteiger partial charge in [0.05, 0.1) is 25.8 Å². The summed E-state index contributed by atoms with van der Waals surface area (Å²) in [5.41, 5.74) is 5.63. The number of carbonyl (C=O) groups excluding carboxylic acids is 1. The van der Waals surface area contributed by atoms with E-state index >= 15 is 0 Å². The molecule has 7 heteroatoms. The van der Waals surface area contributed by atoms with Crippen molar-refractivity contribution in [1.29, 1.82) is 0 Å². The van der Waals surface area contributed by atoms with E-state index in [0.717, 1.165) is 44.8 Å². The van der Waals surface area contributed by atoms with Gasteiger partial charge in [0.2, 0.25) is 5.91 Å². The standard InChI is InChI=1S/C25H28N4O3/c1-15-19(17(3)29-25(27-15)20-8-6-7-9-22(20)28-29)11-13-24(30)26-16(2)21-14-18(31-4)10-12-23(21)32-5/h6-10,12,14,16H,11,13H2,1-5H3,(H,26,30)/t16-/m1/s1. The molecule has 7 nitrogen and oxygen atoms in total. The van der Waals surface area contributed by atoms with Gasteiger partial charge in [-0.15, -0.1) is 0 Å². The molecule has 4 aromatic rings. The summed E-state index contributed by atoms with van der Waals surface area (Å²) < 4.78 is 12.6. The summed E-state index contributed by atoms with van der Waals surface area (Å²) in [6.45, 7) is 5.96. The van der Waals surface area contributed by atoms with Gasteiger partial charge >= 0.3 is 0 Å². The third-order valence-electron chi connectivity index (χ3n) is 5.90. The van der Waals surface area contributed by atoms with E-state index in [1.54, 1.807) is 14.2 Å². The summed E-state index contributed by atoms with van der Waals surface area (Å²) in [5.74, 6) is 1.40. The first-order chi connectivity index (χ1) is 15.4. The van der Waals surface area contributed by atoms with E-state index in [1.807, 2.05) is 67.8 Å². The van der Waals surface area contributed by atoms with Crippen LogP contribution in [0, 0.1) is 13.8 Å². The first-order valence-electron chi connectivity index (χ1n) is 10.7. The number of hydrogen-bond donors (Lipinski definition) is 1. The summed E-state index contributed by atoms with van der Waals surface area (Å²) in [7, 11) is 3.24. The van der Waals surface area contributed by atoms with Crippen LogP contribution in [-0.4, -0.2) is 34.7 Å². The first kappa shape index (κ1) is 21.6. The van der Waals surface area contributed by atoms with Crippen molar-refractivity contribution in [2.45, 2.75) is 39.7 Å². The summed E-state index contributed by atoms with van der Waals surface area (Å²) >= 11 is 0. The Bertz CT molecular complexity index is 1300. The van der Waals surface area contributed by atoms with E-state index in [2.05, 4.69) is 5.32 Å². The molecule has 32 heavy (non-hydrogen) atoms. The van der Waals surface area contributed by atoms with Crippen molar-refractivity contribution >= 4 is 22.5 Å². The molecule has 0 saturated carbocycles. The average Bonchev–Trinajstić information content (AvgIpc) is 3.17. The molecule has 2 aromatic carbocycles. The molecule has 2 aromatic heterocycles. The summed E-state index contributed by atoms with van der Waals surface area (Å²) in [5, 5.41) is 8.80. The van der Waals surface area contributed by atoms with Crippen LogP contribution >= 0.6 is 0 Å². The quantitative estimate of drug-likeness (QED) is 0.470. The minimum atomic E-state index is -0.216. The Morgan fingerprint density at radius 1 is 1.12 bits per heavy atom. The van der Waals surface area contributed by atoms with Crippen molar-refractivity contribution in [3.8, 4) is 11.5 Å². The Kier molecular flexibility index (Phi) is 5.99. The predicted molar refractivity (Wildman–Crippen MR) is 124 cm³/mol. The van der Waals surface area contributed by atoms with Crippen molar-refractivity contribution in [2.75, 3.05) is 14.2 Å². The SMILES string of the molecule is COc1ccc(OC)c([C@@H](C)NC(=O)CCc2c(C)nc3c4ccccc4nn3c2C)c1. The van der Waals surface area contributed by atoms with Gasteiger partial charge in [0.15, 0.2) is 5.65 Å². The highest BCUT2D eigenvalue weighted by Gasteiger charge is 2.18. The van der Waals surface area contributed by atoms with Crippen molar-refractivity contribution < 1.29 is 14.3 Å². The molecule has 1 atom stereocenters. The fraction of sp³-hybridized carbons (Fsp3) is 0.320. The number of nitrogens with one attached hydrogen (secondary N) is 1. The molecular weight excluding hydrogens is 404 g/mol. The molecule has 166 valence electrons. The number of ether oxygens (including phenoxy) is 2. The number of benzene rings is 2. The molecule has 0 bridgehead atoms. The smallest absolute Gasteiger partial charge is 0.220 e. The Morgan fingerprint density at radius 2 is 1.91 bits per heavy atom. The largest absolute Gasteiger partial charge is 0.497 e. The fourth-order valence-corrected chi connectivity index (χ4v) is 4.15. The Labute approximate surface area is 187 Å². The molecule has 0 aliphatic carbocycles. The molecule has 0 aliphatic heterocycles. The zero-order chi connectivity index (χ0) is 22.8. The topological polar surface area (TPSA) is 77.8 Å². The van der Waals surface area contributed by atoms with Crippen LogP contribution in [0.2, 0.25) is 0 Å². The number of amides is 1. The highest BCUT2D eigenvalue weighted by Crippen LogP contribution is 2.29. The lowest BCUT2D eigenvalue weighted by Crippen LogP contribution is -2.27. The molecule has 0 radical (unpaired) electrons. The second-order valence-corrected chi connectivity index (χ2v) is 7.91. The van der Waals surface area contributed by atoms with Crippen LogP contribution in [0.4, 0.5) is 0 Å². The number of rotatable bonds is 7. The van der Waals surface area contributed by atoms with E-state index in [9.17, 15) is 4.79 Å². The van der Waals surface area contributed by atoms with Gasteiger partial charge in [0, 0.05) is 28.8 Å². The first-order valence-corrected chi connectivity index (χ1v) is 10.7. The zero-order valence-electron chi connectivity index (χ0n) is 19.1. The fourth-order valence-electron chi connectivity index (χ4n) is 4.15. The second kappa shape index (κ2) is 8.86. The lowest BCUT2D eigenvalue weighted by atomic mass is 10.0. The van der Waals surface area contributed by atoms with Gasteiger partial charge in [-0.1, -0.05) is 12.1 Å². The maximum absolute atomic E-state index is 12.8. The Hall–Kier alpha value is -3.61. The summed E-state index contributed by atoms with van der Waals surface area (Å²) in [6.07, 6.45) is 0.941. The van der Waals surface area contributed by atoms with Gasteiger partial charge in [-0.05, 0) is 63.1 Å². The van der Waals surface area contributed by atoms with Gasteiger partial charge in [-0.25, -0.2) is 9.50 Å². The highest BCUT2D eigenvalue weighted by molar-refractivity contribution is 5.92. The van der Waals surface area contributed by atoms with Gasteiger partial charge < -0.3 is 14.8 Å². The molecule has 0 aliphatic rings. The molecule has 0 saturated heterocycles.